The number of hydrogen-bond donors (Lipinski definition) is 3. The van der Waals surface area contributed by atoms with Crippen LogP contribution in [-0.4, -0.2) is 29.4 Å². The van der Waals surface area contributed by atoms with Gasteiger partial charge in [0.2, 0.25) is 5.91 Å². The third kappa shape index (κ3) is 4.92. The van der Waals surface area contributed by atoms with E-state index in [9.17, 15) is 14.9 Å². The van der Waals surface area contributed by atoms with E-state index in [0.717, 1.165) is 68.7 Å². The normalized spacial score (nSPS) is 21.9. The lowest BCUT2D eigenvalue weighted by Crippen LogP contribution is -2.49. The van der Waals surface area contributed by atoms with Gasteiger partial charge in [0.15, 0.2) is 0 Å². The number of hydrogen-bond acceptors (Lipinski definition) is 3. The highest BCUT2D eigenvalue weighted by molar-refractivity contribution is 5.98. The van der Waals surface area contributed by atoms with E-state index in [1.54, 1.807) is 0 Å². The van der Waals surface area contributed by atoms with Gasteiger partial charge in [-0.05, 0) is 62.1 Å². The number of carbonyl (C=O) groups excluding carboxylic acids is 2. The summed E-state index contributed by atoms with van der Waals surface area (Å²) in [4.78, 5) is 29.2. The van der Waals surface area contributed by atoms with Crippen molar-refractivity contribution in [1.82, 2.24) is 15.6 Å². The van der Waals surface area contributed by atoms with Crippen LogP contribution in [0.5, 0.6) is 0 Å². The largest absolute Gasteiger partial charge is 0.358 e. The predicted molar refractivity (Wildman–Crippen MR) is 120 cm³/mol. The second-order valence-electron chi connectivity index (χ2n) is 9.28. The zero-order chi connectivity index (χ0) is 21.8. The molecule has 1 aromatic heterocycles. The molecule has 0 aliphatic heterocycles. The molecule has 0 radical (unpaired) electrons. The summed E-state index contributed by atoms with van der Waals surface area (Å²) in [6, 6.07) is 10.0. The van der Waals surface area contributed by atoms with E-state index in [2.05, 4.69) is 34.7 Å². The Morgan fingerprint density at radius 2 is 2.03 bits per heavy atom. The van der Waals surface area contributed by atoms with Gasteiger partial charge in [0.25, 0.3) is 5.91 Å². The van der Waals surface area contributed by atoms with Crippen molar-refractivity contribution < 1.29 is 9.59 Å². The molecule has 3 N–H and O–H groups in total. The van der Waals surface area contributed by atoms with Gasteiger partial charge < -0.3 is 15.6 Å². The topological polar surface area (TPSA) is 97.8 Å². The fraction of sp³-hybridized carbons (Fsp3) is 0.560. The smallest absolute Gasteiger partial charge is 0.251 e. The van der Waals surface area contributed by atoms with Crippen LogP contribution in [0.2, 0.25) is 0 Å². The number of aromatic nitrogens is 1. The van der Waals surface area contributed by atoms with Gasteiger partial charge in [-0.2, -0.15) is 5.26 Å². The summed E-state index contributed by atoms with van der Waals surface area (Å²) < 4.78 is 0. The number of aromatic amines is 1. The van der Waals surface area contributed by atoms with Crippen LogP contribution in [0.25, 0.3) is 10.9 Å². The molecule has 2 fully saturated rings. The molecule has 6 heteroatoms. The molecule has 0 unspecified atom stereocenters. The molecule has 164 valence electrons. The second-order valence-corrected chi connectivity index (χ2v) is 9.28. The van der Waals surface area contributed by atoms with Crippen molar-refractivity contribution in [3.63, 3.8) is 0 Å². The molecule has 6 nitrogen and oxygen atoms in total. The van der Waals surface area contributed by atoms with Gasteiger partial charge in [-0.25, -0.2) is 0 Å². The number of nitriles is 1. The van der Waals surface area contributed by atoms with Crippen LogP contribution in [0.1, 0.15) is 74.3 Å². The molecule has 4 rings (SSSR count). The SMILES string of the molecule is CCCCc1cc2ccc(C(=O)N[C@H]3CCCC[C@H]3C(=O)NCC3(C#N)CC3)cc2[nH]1. The van der Waals surface area contributed by atoms with Crippen LogP contribution in [-0.2, 0) is 11.2 Å². The van der Waals surface area contributed by atoms with E-state index >= 15 is 0 Å². The van der Waals surface area contributed by atoms with Crippen LogP contribution in [0.15, 0.2) is 24.3 Å². The summed E-state index contributed by atoms with van der Waals surface area (Å²) in [7, 11) is 0. The zero-order valence-electron chi connectivity index (χ0n) is 18.3. The zero-order valence-corrected chi connectivity index (χ0v) is 18.3. The van der Waals surface area contributed by atoms with Crippen LogP contribution >= 0.6 is 0 Å². The molecule has 0 saturated heterocycles. The third-order valence-electron chi connectivity index (χ3n) is 6.85. The van der Waals surface area contributed by atoms with E-state index in [1.165, 1.54) is 5.69 Å². The monoisotopic (exact) mass is 420 g/mol. The molecule has 0 bridgehead atoms. The molecule has 1 heterocycles. The number of fused-ring (bicyclic) bond motifs is 1. The number of nitrogens with one attached hydrogen (secondary N) is 3. The summed E-state index contributed by atoms with van der Waals surface area (Å²) in [6.45, 7) is 2.60. The average molecular weight is 421 g/mol. The Kier molecular flexibility index (Phi) is 6.31. The first-order valence-corrected chi connectivity index (χ1v) is 11.6. The predicted octanol–water partition coefficient (Wildman–Crippen LogP) is 4.22. The number of amides is 2. The lowest BCUT2D eigenvalue weighted by atomic mass is 9.83. The number of rotatable bonds is 8. The molecule has 2 atom stereocenters. The summed E-state index contributed by atoms with van der Waals surface area (Å²) in [5.74, 6) is -0.402. The summed E-state index contributed by atoms with van der Waals surface area (Å²) >= 11 is 0. The quantitative estimate of drug-likeness (QED) is 0.596. The van der Waals surface area contributed by atoms with Crippen LogP contribution < -0.4 is 10.6 Å². The maximum absolute atomic E-state index is 13.0. The van der Waals surface area contributed by atoms with Crippen molar-refractivity contribution in [2.75, 3.05) is 6.54 Å². The minimum atomic E-state index is -0.357. The molecule has 2 aliphatic carbocycles. The molecule has 2 aliphatic rings. The van der Waals surface area contributed by atoms with Gasteiger partial charge in [-0.3, -0.25) is 9.59 Å². The minimum absolute atomic E-state index is 0.0353. The first kappa shape index (κ1) is 21.4. The molecule has 1 aromatic carbocycles. The summed E-state index contributed by atoms with van der Waals surface area (Å²) in [5, 5.41) is 16.4. The number of carbonyl (C=O) groups is 2. The second kappa shape index (κ2) is 9.13. The molecule has 31 heavy (non-hydrogen) atoms. The fourth-order valence-corrected chi connectivity index (χ4v) is 4.57. The van der Waals surface area contributed by atoms with Crippen LogP contribution in [0.4, 0.5) is 0 Å². The van der Waals surface area contributed by atoms with Crippen molar-refractivity contribution in [2.24, 2.45) is 11.3 Å². The van der Waals surface area contributed by atoms with E-state index in [1.807, 2.05) is 18.2 Å². The average Bonchev–Trinajstić information content (AvgIpc) is 3.46. The van der Waals surface area contributed by atoms with E-state index in [-0.39, 0.29) is 29.2 Å². The lowest BCUT2D eigenvalue weighted by molar-refractivity contribution is -0.126. The van der Waals surface area contributed by atoms with Gasteiger partial charge >= 0.3 is 0 Å². The van der Waals surface area contributed by atoms with Crippen molar-refractivity contribution in [2.45, 2.75) is 70.8 Å². The molecular formula is C25H32N4O2. The minimum Gasteiger partial charge on any atom is -0.358 e. The van der Waals surface area contributed by atoms with Crippen LogP contribution in [0.3, 0.4) is 0 Å². The highest BCUT2D eigenvalue weighted by atomic mass is 16.2. The molecule has 0 spiro atoms. The van der Waals surface area contributed by atoms with Gasteiger partial charge in [0.05, 0.1) is 17.4 Å². The van der Waals surface area contributed by atoms with Crippen molar-refractivity contribution in [3.8, 4) is 6.07 Å². The van der Waals surface area contributed by atoms with Crippen molar-refractivity contribution >= 4 is 22.7 Å². The molecule has 2 saturated carbocycles. The number of nitrogens with zero attached hydrogens (tertiary/aromatic N) is 1. The van der Waals surface area contributed by atoms with Gasteiger partial charge in [-0.1, -0.05) is 32.3 Å². The molecule has 2 aromatic rings. The fourth-order valence-electron chi connectivity index (χ4n) is 4.57. The maximum Gasteiger partial charge on any atom is 0.251 e. The Bertz CT molecular complexity index is 999. The Hall–Kier alpha value is -2.81. The number of benzene rings is 1. The first-order chi connectivity index (χ1) is 15.0. The Morgan fingerprint density at radius 1 is 1.23 bits per heavy atom. The molecule has 2 amide bonds. The molecular weight excluding hydrogens is 388 g/mol. The summed E-state index contributed by atoms with van der Waals surface area (Å²) in [6.07, 6.45) is 8.59. The lowest BCUT2D eigenvalue weighted by Gasteiger charge is -2.31. The highest BCUT2D eigenvalue weighted by Crippen LogP contribution is 2.44. The van der Waals surface area contributed by atoms with E-state index in [4.69, 9.17) is 0 Å². The van der Waals surface area contributed by atoms with E-state index in [0.29, 0.717) is 12.1 Å². The third-order valence-corrected chi connectivity index (χ3v) is 6.85. The van der Waals surface area contributed by atoms with Crippen LogP contribution in [0, 0.1) is 22.7 Å². The van der Waals surface area contributed by atoms with Gasteiger partial charge in [-0.15, -0.1) is 0 Å². The van der Waals surface area contributed by atoms with Gasteiger partial charge in [0, 0.05) is 29.4 Å². The number of unbranched alkanes of at least 4 members (excludes halogenated alkanes) is 1. The highest BCUT2D eigenvalue weighted by Gasteiger charge is 2.44. The van der Waals surface area contributed by atoms with E-state index < -0.39 is 0 Å². The van der Waals surface area contributed by atoms with Gasteiger partial charge in [0.1, 0.15) is 0 Å². The maximum atomic E-state index is 13.0. The number of H-pyrrole nitrogens is 1. The Labute approximate surface area is 183 Å². The first-order valence-electron chi connectivity index (χ1n) is 11.6. The number of aryl methyl sites for hydroxylation is 1. The standard InChI is InChI=1S/C25H32N4O2/c1-2-3-6-19-13-17-9-10-18(14-22(17)28-19)23(30)29-21-8-5-4-7-20(21)24(31)27-16-25(15-26)11-12-25/h9-10,13-14,20-21,28H,2-8,11-12,16H2,1H3,(H,27,31)(H,29,30)/t20-,21+/m1/s1. The van der Waals surface area contributed by atoms with Crippen molar-refractivity contribution in [3.05, 3.63) is 35.5 Å². The Morgan fingerprint density at radius 3 is 2.77 bits per heavy atom. The summed E-state index contributed by atoms with van der Waals surface area (Å²) in [5.41, 5.74) is 2.43. The van der Waals surface area contributed by atoms with Crippen molar-refractivity contribution in [1.29, 1.82) is 5.26 Å². The Balaban J connectivity index is 1.40.